The van der Waals surface area contributed by atoms with Crippen LogP contribution in [0.25, 0.3) is 0 Å². The van der Waals surface area contributed by atoms with Crippen LogP contribution in [0.2, 0.25) is 0 Å². The molecule has 0 spiro atoms. The van der Waals surface area contributed by atoms with Gasteiger partial charge in [-0.05, 0) is 46.3 Å². The Hall–Kier alpha value is -0.610. The summed E-state index contributed by atoms with van der Waals surface area (Å²) < 4.78 is 0. The van der Waals surface area contributed by atoms with E-state index in [9.17, 15) is 4.79 Å². The minimum absolute atomic E-state index is 0.360. The molecule has 0 radical (unpaired) electrons. The van der Waals surface area contributed by atoms with Gasteiger partial charge >= 0.3 is 0 Å². The summed E-state index contributed by atoms with van der Waals surface area (Å²) in [6.07, 6.45) is 6.73. The minimum atomic E-state index is 0.360. The van der Waals surface area contributed by atoms with Gasteiger partial charge in [-0.15, -0.1) is 0 Å². The topological polar surface area (TPSA) is 35.6 Å². The number of rotatable bonds is 4. The van der Waals surface area contributed by atoms with Crippen molar-refractivity contribution < 1.29 is 4.79 Å². The summed E-state index contributed by atoms with van der Waals surface area (Å²) in [5, 5.41) is 3.47. The first kappa shape index (κ1) is 13.8. The smallest absolute Gasteiger partial charge is 0.224 e. The summed E-state index contributed by atoms with van der Waals surface area (Å²) in [5.41, 5.74) is 0. The molecule has 0 aliphatic carbocycles. The lowest BCUT2D eigenvalue weighted by molar-refractivity contribution is -0.132. The van der Waals surface area contributed by atoms with E-state index < -0.39 is 0 Å². The standard InChI is InChI=1S/C14H27N3O/c1-16(2)11-13-7-5-9-17(13)14(18)10-12-6-3-4-8-15-12/h12-13,15H,3-11H2,1-2H3. The van der Waals surface area contributed by atoms with Crippen molar-refractivity contribution >= 4 is 5.91 Å². The molecule has 0 aromatic rings. The van der Waals surface area contributed by atoms with Crippen molar-refractivity contribution in [2.24, 2.45) is 0 Å². The second-order valence-electron chi connectivity index (χ2n) is 6.00. The number of hydrogen-bond acceptors (Lipinski definition) is 3. The number of carbonyl (C=O) groups is 1. The van der Waals surface area contributed by atoms with E-state index >= 15 is 0 Å². The fourth-order valence-electron chi connectivity index (χ4n) is 3.20. The number of nitrogens with one attached hydrogen (secondary N) is 1. The predicted octanol–water partition coefficient (Wildman–Crippen LogP) is 1.07. The van der Waals surface area contributed by atoms with Gasteiger partial charge in [-0.2, -0.15) is 0 Å². The molecule has 1 amide bonds. The number of hydrogen-bond donors (Lipinski definition) is 1. The van der Waals surface area contributed by atoms with E-state index in [4.69, 9.17) is 0 Å². The fourth-order valence-corrected chi connectivity index (χ4v) is 3.20. The monoisotopic (exact) mass is 253 g/mol. The summed E-state index contributed by atoms with van der Waals surface area (Å²) in [7, 11) is 4.17. The average molecular weight is 253 g/mol. The largest absolute Gasteiger partial charge is 0.338 e. The molecule has 2 fully saturated rings. The summed E-state index contributed by atoms with van der Waals surface area (Å²) >= 11 is 0. The number of carbonyl (C=O) groups excluding carboxylic acids is 1. The molecule has 2 aliphatic heterocycles. The van der Waals surface area contributed by atoms with Crippen LogP contribution in [0.5, 0.6) is 0 Å². The summed E-state index contributed by atoms with van der Waals surface area (Å²) in [6.45, 7) is 3.05. The van der Waals surface area contributed by atoms with Crippen molar-refractivity contribution in [3.63, 3.8) is 0 Å². The van der Waals surface area contributed by atoms with Crippen LogP contribution in [0.15, 0.2) is 0 Å². The first-order valence-electron chi connectivity index (χ1n) is 7.34. The molecule has 0 saturated carbocycles. The third-order valence-corrected chi connectivity index (χ3v) is 4.11. The Balaban J connectivity index is 1.83. The van der Waals surface area contributed by atoms with Gasteiger partial charge in [0.05, 0.1) is 0 Å². The van der Waals surface area contributed by atoms with Crippen LogP contribution in [0.3, 0.4) is 0 Å². The Kier molecular flexibility index (Phi) is 5.01. The van der Waals surface area contributed by atoms with Crippen molar-refractivity contribution in [3.8, 4) is 0 Å². The van der Waals surface area contributed by atoms with Crippen molar-refractivity contribution in [1.82, 2.24) is 15.1 Å². The van der Waals surface area contributed by atoms with Crippen LogP contribution in [-0.4, -0.2) is 61.5 Å². The fraction of sp³-hybridized carbons (Fsp3) is 0.929. The van der Waals surface area contributed by atoms with Gasteiger partial charge in [0.2, 0.25) is 5.91 Å². The molecule has 0 bridgehead atoms. The molecule has 4 nitrogen and oxygen atoms in total. The minimum Gasteiger partial charge on any atom is -0.338 e. The van der Waals surface area contributed by atoms with E-state index in [0.29, 0.717) is 24.4 Å². The van der Waals surface area contributed by atoms with Crippen molar-refractivity contribution in [1.29, 1.82) is 0 Å². The third kappa shape index (κ3) is 3.69. The lowest BCUT2D eigenvalue weighted by Crippen LogP contribution is -2.45. The van der Waals surface area contributed by atoms with Gasteiger partial charge in [0.1, 0.15) is 0 Å². The Morgan fingerprint density at radius 2 is 2.11 bits per heavy atom. The van der Waals surface area contributed by atoms with Gasteiger partial charge in [0.15, 0.2) is 0 Å². The zero-order valence-corrected chi connectivity index (χ0v) is 11.8. The molecule has 2 atom stereocenters. The normalized spacial score (nSPS) is 28.9. The predicted molar refractivity (Wildman–Crippen MR) is 73.5 cm³/mol. The van der Waals surface area contributed by atoms with Crippen molar-refractivity contribution in [3.05, 3.63) is 0 Å². The molecule has 2 unspecified atom stereocenters. The second-order valence-corrected chi connectivity index (χ2v) is 6.00. The van der Waals surface area contributed by atoms with Gasteiger partial charge in [-0.1, -0.05) is 6.42 Å². The molecule has 18 heavy (non-hydrogen) atoms. The van der Waals surface area contributed by atoms with Gasteiger partial charge in [-0.3, -0.25) is 4.79 Å². The Morgan fingerprint density at radius 1 is 1.28 bits per heavy atom. The van der Waals surface area contributed by atoms with E-state index in [2.05, 4.69) is 29.2 Å². The number of likely N-dealkylation sites (tertiary alicyclic amines) is 1. The lowest BCUT2D eigenvalue weighted by atomic mass is 10.0. The first-order chi connectivity index (χ1) is 8.66. The molecule has 1 N–H and O–H groups in total. The number of amides is 1. The summed E-state index contributed by atoms with van der Waals surface area (Å²) in [4.78, 5) is 16.7. The van der Waals surface area contributed by atoms with Gasteiger partial charge in [-0.25, -0.2) is 0 Å². The molecule has 2 aliphatic rings. The van der Waals surface area contributed by atoms with E-state index in [1.807, 2.05) is 0 Å². The van der Waals surface area contributed by atoms with Gasteiger partial charge < -0.3 is 15.1 Å². The van der Waals surface area contributed by atoms with Gasteiger partial charge in [0, 0.05) is 31.6 Å². The van der Waals surface area contributed by atoms with E-state index in [1.54, 1.807) is 0 Å². The molecule has 0 aromatic heterocycles. The Bertz CT molecular complexity index is 274. The highest BCUT2D eigenvalue weighted by atomic mass is 16.2. The Morgan fingerprint density at radius 3 is 2.78 bits per heavy atom. The molecule has 4 heteroatoms. The van der Waals surface area contributed by atoms with Crippen molar-refractivity contribution in [2.75, 3.05) is 33.7 Å². The van der Waals surface area contributed by atoms with E-state index in [-0.39, 0.29) is 0 Å². The quantitative estimate of drug-likeness (QED) is 0.814. The van der Waals surface area contributed by atoms with E-state index in [1.165, 1.54) is 25.7 Å². The summed E-state index contributed by atoms with van der Waals surface area (Å²) in [5.74, 6) is 0.360. The molecule has 2 rings (SSSR count). The average Bonchev–Trinajstić information content (AvgIpc) is 2.77. The Labute approximate surface area is 111 Å². The molecular formula is C14H27N3O. The lowest BCUT2D eigenvalue weighted by Gasteiger charge is -2.30. The second kappa shape index (κ2) is 6.53. The van der Waals surface area contributed by atoms with Crippen LogP contribution < -0.4 is 5.32 Å². The van der Waals surface area contributed by atoms with Crippen LogP contribution in [0.1, 0.15) is 38.5 Å². The number of likely N-dealkylation sites (N-methyl/N-ethyl adjacent to an activating group) is 1. The van der Waals surface area contributed by atoms with Crippen molar-refractivity contribution in [2.45, 2.75) is 50.6 Å². The molecular weight excluding hydrogens is 226 g/mol. The number of piperidine rings is 1. The van der Waals surface area contributed by atoms with E-state index in [0.717, 1.165) is 26.1 Å². The van der Waals surface area contributed by atoms with Gasteiger partial charge in [0.25, 0.3) is 0 Å². The maximum absolute atomic E-state index is 12.4. The molecule has 2 saturated heterocycles. The van der Waals surface area contributed by atoms with Crippen LogP contribution >= 0.6 is 0 Å². The zero-order valence-electron chi connectivity index (χ0n) is 11.8. The highest BCUT2D eigenvalue weighted by Crippen LogP contribution is 2.20. The highest BCUT2D eigenvalue weighted by Gasteiger charge is 2.30. The summed E-state index contributed by atoms with van der Waals surface area (Å²) in [6, 6.07) is 0.864. The van der Waals surface area contributed by atoms with Crippen LogP contribution in [0, 0.1) is 0 Å². The zero-order chi connectivity index (χ0) is 13.0. The van der Waals surface area contributed by atoms with Crippen LogP contribution in [-0.2, 0) is 4.79 Å². The third-order valence-electron chi connectivity index (χ3n) is 4.11. The molecule has 104 valence electrons. The highest BCUT2D eigenvalue weighted by molar-refractivity contribution is 5.77. The maximum Gasteiger partial charge on any atom is 0.224 e. The molecule has 0 aromatic carbocycles. The molecule has 2 heterocycles. The SMILES string of the molecule is CN(C)CC1CCCN1C(=O)CC1CCCCN1. The van der Waals surface area contributed by atoms with Crippen LogP contribution in [0.4, 0.5) is 0 Å². The maximum atomic E-state index is 12.4. The first-order valence-corrected chi connectivity index (χ1v) is 7.34. The number of nitrogens with zero attached hydrogens (tertiary/aromatic N) is 2.